The molecule has 1 heterocycles. The van der Waals surface area contributed by atoms with Crippen LogP contribution in [0.2, 0.25) is 0 Å². The molecule has 2 N–H and O–H groups in total. The minimum atomic E-state index is -0.331. The second-order valence-corrected chi connectivity index (χ2v) is 4.94. The van der Waals surface area contributed by atoms with Crippen molar-refractivity contribution in [3.8, 4) is 5.75 Å². The smallest absolute Gasteiger partial charge is 0.273 e. The van der Waals surface area contributed by atoms with Crippen LogP contribution in [0.15, 0.2) is 18.3 Å². The summed E-state index contributed by atoms with van der Waals surface area (Å²) in [5.74, 6) is -0.418. The van der Waals surface area contributed by atoms with Crippen LogP contribution in [0.3, 0.4) is 0 Å². The number of amides is 1. The molecule has 0 aliphatic rings. The van der Waals surface area contributed by atoms with Crippen molar-refractivity contribution in [2.24, 2.45) is 5.41 Å². The van der Waals surface area contributed by atoms with Gasteiger partial charge < -0.3 is 10.4 Å². The molecule has 0 fully saturated rings. The Morgan fingerprint density at radius 1 is 1.50 bits per heavy atom. The summed E-state index contributed by atoms with van der Waals surface area (Å²) in [5.41, 5.74) is 0.260. The van der Waals surface area contributed by atoms with E-state index >= 15 is 0 Å². The Bertz CT molecular complexity index is 370. The molecule has 0 spiro atoms. The fourth-order valence-corrected chi connectivity index (χ4v) is 1.21. The van der Waals surface area contributed by atoms with Crippen LogP contribution in [0.25, 0.3) is 0 Å². The van der Waals surface area contributed by atoms with Crippen LogP contribution in [0.5, 0.6) is 5.75 Å². The van der Waals surface area contributed by atoms with Crippen LogP contribution in [0, 0.1) is 5.41 Å². The summed E-state index contributed by atoms with van der Waals surface area (Å²) in [4.78, 5) is 15.4. The Morgan fingerprint density at radius 2 is 2.19 bits per heavy atom. The predicted molar refractivity (Wildman–Crippen MR) is 62.3 cm³/mol. The van der Waals surface area contributed by atoms with Gasteiger partial charge in [0.1, 0.15) is 5.75 Å². The lowest BCUT2D eigenvalue weighted by molar-refractivity contribution is 0.0941. The van der Waals surface area contributed by atoms with Gasteiger partial charge in [-0.1, -0.05) is 20.8 Å². The number of carbonyl (C=O) groups excluding carboxylic acids is 1. The minimum Gasteiger partial charge on any atom is -0.505 e. The molecule has 1 rings (SSSR count). The maximum atomic E-state index is 11.6. The average molecular weight is 222 g/mol. The Kier molecular flexibility index (Phi) is 3.88. The second-order valence-electron chi connectivity index (χ2n) is 4.94. The van der Waals surface area contributed by atoms with Gasteiger partial charge in [-0.3, -0.25) is 4.79 Å². The third-order valence-corrected chi connectivity index (χ3v) is 2.16. The SMILES string of the molecule is CC(C)(C)CCNC(=O)c1ncccc1O. The lowest BCUT2D eigenvalue weighted by atomic mass is 9.92. The summed E-state index contributed by atoms with van der Waals surface area (Å²) >= 11 is 0. The minimum absolute atomic E-state index is 0.0800. The Morgan fingerprint density at radius 3 is 2.75 bits per heavy atom. The lowest BCUT2D eigenvalue weighted by Crippen LogP contribution is -2.27. The zero-order valence-electron chi connectivity index (χ0n) is 9.95. The van der Waals surface area contributed by atoms with E-state index in [1.54, 1.807) is 6.07 Å². The monoisotopic (exact) mass is 222 g/mol. The molecule has 0 radical (unpaired) electrons. The van der Waals surface area contributed by atoms with Crippen molar-refractivity contribution >= 4 is 5.91 Å². The van der Waals surface area contributed by atoms with Gasteiger partial charge in [-0.05, 0) is 24.0 Å². The number of pyridine rings is 1. The number of carbonyl (C=O) groups is 1. The first kappa shape index (κ1) is 12.5. The van der Waals surface area contributed by atoms with E-state index in [1.165, 1.54) is 12.3 Å². The summed E-state index contributed by atoms with van der Waals surface area (Å²) in [5, 5.41) is 12.2. The maximum absolute atomic E-state index is 11.6. The molecule has 0 bridgehead atoms. The Labute approximate surface area is 95.7 Å². The summed E-state index contributed by atoms with van der Waals surface area (Å²) in [6.07, 6.45) is 2.37. The number of rotatable bonds is 3. The fourth-order valence-electron chi connectivity index (χ4n) is 1.21. The van der Waals surface area contributed by atoms with Gasteiger partial charge in [-0.25, -0.2) is 4.98 Å². The number of nitrogens with zero attached hydrogens (tertiary/aromatic N) is 1. The molecule has 4 heteroatoms. The van der Waals surface area contributed by atoms with Crippen LogP contribution in [-0.2, 0) is 0 Å². The molecular formula is C12H18N2O2. The first-order valence-corrected chi connectivity index (χ1v) is 5.32. The third-order valence-electron chi connectivity index (χ3n) is 2.16. The van der Waals surface area contributed by atoms with Gasteiger partial charge >= 0.3 is 0 Å². The van der Waals surface area contributed by atoms with E-state index in [0.717, 1.165) is 6.42 Å². The fraction of sp³-hybridized carbons (Fsp3) is 0.500. The van der Waals surface area contributed by atoms with E-state index in [-0.39, 0.29) is 22.8 Å². The van der Waals surface area contributed by atoms with E-state index in [9.17, 15) is 9.90 Å². The van der Waals surface area contributed by atoms with E-state index in [2.05, 4.69) is 31.1 Å². The van der Waals surface area contributed by atoms with Crippen LogP contribution < -0.4 is 5.32 Å². The highest BCUT2D eigenvalue weighted by Crippen LogP contribution is 2.17. The molecule has 0 unspecified atom stereocenters. The zero-order chi connectivity index (χ0) is 12.2. The van der Waals surface area contributed by atoms with Crippen molar-refractivity contribution < 1.29 is 9.90 Å². The lowest BCUT2D eigenvalue weighted by Gasteiger charge is -2.17. The van der Waals surface area contributed by atoms with Gasteiger partial charge in [-0.15, -0.1) is 0 Å². The van der Waals surface area contributed by atoms with Crippen molar-refractivity contribution in [1.82, 2.24) is 10.3 Å². The molecule has 4 nitrogen and oxygen atoms in total. The number of aromatic nitrogens is 1. The van der Waals surface area contributed by atoms with Crippen molar-refractivity contribution in [2.45, 2.75) is 27.2 Å². The summed E-state index contributed by atoms with van der Waals surface area (Å²) in [6, 6.07) is 3.03. The quantitative estimate of drug-likeness (QED) is 0.821. The van der Waals surface area contributed by atoms with E-state index < -0.39 is 0 Å². The highest BCUT2D eigenvalue weighted by atomic mass is 16.3. The summed E-state index contributed by atoms with van der Waals surface area (Å²) in [6.45, 7) is 6.91. The second kappa shape index (κ2) is 4.96. The largest absolute Gasteiger partial charge is 0.505 e. The average Bonchev–Trinajstić information content (AvgIpc) is 2.16. The van der Waals surface area contributed by atoms with Gasteiger partial charge in [0.2, 0.25) is 0 Å². The van der Waals surface area contributed by atoms with Crippen LogP contribution in [-0.4, -0.2) is 22.5 Å². The topological polar surface area (TPSA) is 62.2 Å². The Hall–Kier alpha value is -1.58. The number of aromatic hydroxyl groups is 1. The van der Waals surface area contributed by atoms with Gasteiger partial charge in [0.25, 0.3) is 5.91 Å². The van der Waals surface area contributed by atoms with Crippen molar-refractivity contribution in [1.29, 1.82) is 0 Å². The molecule has 88 valence electrons. The van der Waals surface area contributed by atoms with E-state index in [1.807, 2.05) is 0 Å². The zero-order valence-corrected chi connectivity index (χ0v) is 9.95. The normalized spacial score (nSPS) is 11.2. The molecule has 0 aliphatic heterocycles. The maximum Gasteiger partial charge on any atom is 0.273 e. The van der Waals surface area contributed by atoms with Gasteiger partial charge in [0, 0.05) is 12.7 Å². The molecule has 1 aromatic rings. The number of nitrogens with one attached hydrogen (secondary N) is 1. The van der Waals surface area contributed by atoms with E-state index in [0.29, 0.717) is 6.54 Å². The highest BCUT2D eigenvalue weighted by molar-refractivity contribution is 5.94. The molecule has 0 aliphatic carbocycles. The standard InChI is InChI=1S/C12H18N2O2/c1-12(2,3)6-8-14-11(16)10-9(15)5-4-7-13-10/h4-5,7,15H,6,8H2,1-3H3,(H,14,16). The number of hydrogen-bond donors (Lipinski definition) is 2. The van der Waals surface area contributed by atoms with Gasteiger partial charge in [0.15, 0.2) is 5.69 Å². The van der Waals surface area contributed by atoms with Crippen LogP contribution in [0.1, 0.15) is 37.7 Å². The molecular weight excluding hydrogens is 204 g/mol. The molecule has 1 aromatic heterocycles. The highest BCUT2D eigenvalue weighted by Gasteiger charge is 2.14. The molecule has 16 heavy (non-hydrogen) atoms. The van der Waals surface area contributed by atoms with Gasteiger partial charge in [-0.2, -0.15) is 0 Å². The van der Waals surface area contributed by atoms with Gasteiger partial charge in [0.05, 0.1) is 0 Å². The molecule has 0 saturated carbocycles. The molecule has 0 aromatic carbocycles. The summed E-state index contributed by atoms with van der Waals surface area (Å²) < 4.78 is 0. The molecule has 0 atom stereocenters. The first-order chi connectivity index (χ1) is 7.40. The van der Waals surface area contributed by atoms with Crippen molar-refractivity contribution in [2.75, 3.05) is 6.54 Å². The summed E-state index contributed by atoms with van der Waals surface area (Å²) in [7, 11) is 0. The van der Waals surface area contributed by atoms with E-state index in [4.69, 9.17) is 0 Å². The van der Waals surface area contributed by atoms with Crippen molar-refractivity contribution in [3.05, 3.63) is 24.0 Å². The van der Waals surface area contributed by atoms with Crippen molar-refractivity contribution in [3.63, 3.8) is 0 Å². The first-order valence-electron chi connectivity index (χ1n) is 5.32. The van der Waals surface area contributed by atoms with Crippen LogP contribution >= 0.6 is 0 Å². The molecule has 1 amide bonds. The third kappa shape index (κ3) is 3.88. The van der Waals surface area contributed by atoms with Crippen LogP contribution in [0.4, 0.5) is 0 Å². The predicted octanol–water partition coefficient (Wildman–Crippen LogP) is 1.95. The Balaban J connectivity index is 2.51. The number of hydrogen-bond acceptors (Lipinski definition) is 3. The molecule has 0 saturated heterocycles.